The standard InChI is InChI=1S/C27H33N3O2/c1-19-13-14-22-15-23(27(32)29-26(22)20(19)2)18-30(17-21-9-5-3-6-10-21)25(31)16-28-24-11-7-4-8-12-24/h3,5-6,9-10,13-15,24,28H,4,7-8,11-12,16-18H2,1-2H3,(H,29,32)/p+1. The summed E-state index contributed by atoms with van der Waals surface area (Å²) in [4.78, 5) is 31.0. The van der Waals surface area contributed by atoms with Crippen molar-refractivity contribution in [1.29, 1.82) is 0 Å². The first kappa shape index (κ1) is 22.3. The van der Waals surface area contributed by atoms with Crippen LogP contribution in [0.3, 0.4) is 0 Å². The van der Waals surface area contributed by atoms with Gasteiger partial charge >= 0.3 is 0 Å². The van der Waals surface area contributed by atoms with Crippen LogP contribution in [0, 0.1) is 13.8 Å². The van der Waals surface area contributed by atoms with Crippen molar-refractivity contribution in [3.05, 3.63) is 81.1 Å². The van der Waals surface area contributed by atoms with Crippen LogP contribution in [-0.2, 0) is 17.9 Å². The number of aromatic amines is 1. The molecule has 1 amide bonds. The Hall–Kier alpha value is -2.92. The molecule has 1 saturated carbocycles. The van der Waals surface area contributed by atoms with E-state index >= 15 is 0 Å². The van der Waals surface area contributed by atoms with Gasteiger partial charge in [-0.25, -0.2) is 0 Å². The van der Waals surface area contributed by atoms with E-state index in [1.165, 1.54) is 32.1 Å². The lowest BCUT2D eigenvalue weighted by atomic mass is 9.95. The Balaban J connectivity index is 1.56. The van der Waals surface area contributed by atoms with E-state index < -0.39 is 0 Å². The lowest BCUT2D eigenvalue weighted by Crippen LogP contribution is -2.92. The molecule has 3 N–H and O–H groups in total. The van der Waals surface area contributed by atoms with Crippen LogP contribution in [-0.4, -0.2) is 28.4 Å². The molecule has 0 bridgehead atoms. The Bertz CT molecular complexity index is 1130. The van der Waals surface area contributed by atoms with Crippen LogP contribution >= 0.6 is 0 Å². The number of nitrogens with zero attached hydrogens (tertiary/aromatic N) is 1. The molecule has 1 heterocycles. The van der Waals surface area contributed by atoms with Gasteiger partial charge in [-0.3, -0.25) is 9.59 Å². The summed E-state index contributed by atoms with van der Waals surface area (Å²) in [6.07, 6.45) is 6.20. The molecule has 3 aromatic rings. The molecule has 0 spiro atoms. The van der Waals surface area contributed by atoms with Crippen LogP contribution in [0.5, 0.6) is 0 Å². The zero-order valence-electron chi connectivity index (χ0n) is 19.2. The van der Waals surface area contributed by atoms with E-state index in [0.717, 1.165) is 27.6 Å². The number of aryl methyl sites for hydroxylation is 2. The number of nitrogens with one attached hydrogen (secondary N) is 1. The molecule has 5 nitrogen and oxygen atoms in total. The SMILES string of the molecule is Cc1ccc2cc(CN(Cc3ccccc3)C(=O)C[NH2+]C3CCCCC3)c(=O)[nH]c2c1C. The second-order valence-electron chi connectivity index (χ2n) is 9.17. The third kappa shape index (κ3) is 5.28. The molecule has 0 unspecified atom stereocenters. The van der Waals surface area contributed by atoms with Crippen molar-refractivity contribution in [3.8, 4) is 0 Å². The van der Waals surface area contributed by atoms with Gasteiger partial charge in [0.25, 0.3) is 11.5 Å². The highest BCUT2D eigenvalue weighted by molar-refractivity contribution is 5.83. The molecular formula is C27H34N3O2+. The molecule has 32 heavy (non-hydrogen) atoms. The highest BCUT2D eigenvalue weighted by Crippen LogP contribution is 2.20. The van der Waals surface area contributed by atoms with Gasteiger partial charge in [0, 0.05) is 12.1 Å². The van der Waals surface area contributed by atoms with Crippen molar-refractivity contribution < 1.29 is 10.1 Å². The van der Waals surface area contributed by atoms with E-state index in [9.17, 15) is 9.59 Å². The van der Waals surface area contributed by atoms with Crippen molar-refractivity contribution >= 4 is 16.8 Å². The molecule has 0 aliphatic heterocycles. The summed E-state index contributed by atoms with van der Waals surface area (Å²) in [6.45, 7) is 5.32. The number of rotatable bonds is 7. The van der Waals surface area contributed by atoms with Crippen molar-refractivity contribution in [2.24, 2.45) is 0 Å². The van der Waals surface area contributed by atoms with Crippen LogP contribution in [0.4, 0.5) is 0 Å². The van der Waals surface area contributed by atoms with Crippen LogP contribution in [0.15, 0.2) is 53.3 Å². The number of benzene rings is 2. The number of amides is 1. The Kier molecular flexibility index (Phi) is 7.05. The fourth-order valence-corrected chi connectivity index (χ4v) is 4.70. The number of carbonyl (C=O) groups excluding carboxylic acids is 1. The Morgan fingerprint density at radius 1 is 1.03 bits per heavy atom. The average Bonchev–Trinajstić information content (AvgIpc) is 2.82. The summed E-state index contributed by atoms with van der Waals surface area (Å²) in [5.74, 6) is 0.0824. The number of fused-ring (bicyclic) bond motifs is 1. The normalized spacial score (nSPS) is 14.6. The maximum absolute atomic E-state index is 13.3. The van der Waals surface area contributed by atoms with Gasteiger partial charge in [0.05, 0.1) is 18.1 Å². The highest BCUT2D eigenvalue weighted by atomic mass is 16.2. The van der Waals surface area contributed by atoms with Crippen molar-refractivity contribution in [2.75, 3.05) is 6.54 Å². The molecule has 168 valence electrons. The average molecular weight is 433 g/mol. The molecule has 2 aromatic carbocycles. The second kappa shape index (κ2) is 10.1. The van der Waals surface area contributed by atoms with Gasteiger partial charge in [-0.1, -0.05) is 48.9 Å². The smallest absolute Gasteiger partial charge is 0.278 e. The number of nitrogens with two attached hydrogens (primary N) is 1. The van der Waals surface area contributed by atoms with Crippen LogP contribution in [0.1, 0.15) is 54.4 Å². The number of pyridine rings is 1. The van der Waals surface area contributed by atoms with Gasteiger partial charge in [0.2, 0.25) is 0 Å². The summed E-state index contributed by atoms with van der Waals surface area (Å²) < 4.78 is 0. The zero-order valence-corrected chi connectivity index (χ0v) is 19.2. The number of hydrogen-bond donors (Lipinski definition) is 2. The Morgan fingerprint density at radius 3 is 2.53 bits per heavy atom. The van der Waals surface area contributed by atoms with Crippen LogP contribution in [0.2, 0.25) is 0 Å². The number of aromatic nitrogens is 1. The highest BCUT2D eigenvalue weighted by Gasteiger charge is 2.22. The van der Waals surface area contributed by atoms with Gasteiger partial charge in [-0.15, -0.1) is 0 Å². The van der Waals surface area contributed by atoms with Crippen molar-refractivity contribution in [1.82, 2.24) is 9.88 Å². The summed E-state index contributed by atoms with van der Waals surface area (Å²) >= 11 is 0. The van der Waals surface area contributed by atoms with Gasteiger partial charge in [-0.05, 0) is 67.7 Å². The first-order valence-corrected chi connectivity index (χ1v) is 11.8. The molecule has 1 aliphatic rings. The van der Waals surface area contributed by atoms with Crippen molar-refractivity contribution in [2.45, 2.75) is 65.1 Å². The maximum Gasteiger partial charge on any atom is 0.278 e. The third-order valence-corrected chi connectivity index (χ3v) is 6.83. The lowest BCUT2D eigenvalue weighted by Gasteiger charge is -2.24. The van der Waals surface area contributed by atoms with Crippen LogP contribution < -0.4 is 10.9 Å². The fraction of sp³-hybridized carbons (Fsp3) is 0.407. The molecule has 1 aliphatic carbocycles. The zero-order chi connectivity index (χ0) is 22.5. The van der Waals surface area contributed by atoms with E-state index in [1.807, 2.05) is 61.2 Å². The number of quaternary nitrogens is 1. The van der Waals surface area contributed by atoms with Gasteiger partial charge in [0.1, 0.15) is 0 Å². The minimum absolute atomic E-state index is 0.0824. The summed E-state index contributed by atoms with van der Waals surface area (Å²) in [7, 11) is 0. The molecule has 0 atom stereocenters. The topological polar surface area (TPSA) is 69.8 Å². The van der Waals surface area contributed by atoms with Crippen molar-refractivity contribution in [3.63, 3.8) is 0 Å². The molecular weight excluding hydrogens is 398 g/mol. The van der Waals surface area contributed by atoms with E-state index in [-0.39, 0.29) is 11.5 Å². The first-order valence-electron chi connectivity index (χ1n) is 11.8. The number of H-pyrrole nitrogens is 1. The molecule has 1 fully saturated rings. The minimum Gasteiger partial charge on any atom is -0.336 e. The van der Waals surface area contributed by atoms with E-state index in [2.05, 4.69) is 16.4 Å². The second-order valence-corrected chi connectivity index (χ2v) is 9.17. The number of hydrogen-bond acceptors (Lipinski definition) is 2. The van der Waals surface area contributed by atoms with Crippen LogP contribution in [0.25, 0.3) is 10.9 Å². The lowest BCUT2D eigenvalue weighted by molar-refractivity contribution is -0.682. The monoisotopic (exact) mass is 432 g/mol. The molecule has 1 aromatic heterocycles. The van der Waals surface area contributed by atoms with E-state index in [1.54, 1.807) is 0 Å². The molecule has 0 saturated heterocycles. The third-order valence-electron chi connectivity index (χ3n) is 6.83. The van der Waals surface area contributed by atoms with Gasteiger partial charge in [-0.2, -0.15) is 0 Å². The predicted molar refractivity (Wildman–Crippen MR) is 128 cm³/mol. The predicted octanol–water partition coefficient (Wildman–Crippen LogP) is 3.57. The minimum atomic E-state index is -0.117. The summed E-state index contributed by atoms with van der Waals surface area (Å²) in [5, 5.41) is 3.21. The summed E-state index contributed by atoms with van der Waals surface area (Å²) in [6, 6.07) is 16.6. The molecule has 4 rings (SSSR count). The maximum atomic E-state index is 13.3. The van der Waals surface area contributed by atoms with E-state index in [4.69, 9.17) is 0 Å². The Morgan fingerprint density at radius 2 is 1.78 bits per heavy atom. The van der Waals surface area contributed by atoms with Gasteiger partial charge < -0.3 is 15.2 Å². The quantitative estimate of drug-likeness (QED) is 0.599. The fourth-order valence-electron chi connectivity index (χ4n) is 4.70. The largest absolute Gasteiger partial charge is 0.336 e. The Labute approximate surface area is 189 Å². The first-order chi connectivity index (χ1) is 15.5. The molecule has 0 radical (unpaired) electrons. The number of carbonyl (C=O) groups is 1. The van der Waals surface area contributed by atoms with E-state index in [0.29, 0.717) is 31.2 Å². The molecule has 5 heteroatoms. The van der Waals surface area contributed by atoms with Gasteiger partial charge in [0.15, 0.2) is 6.54 Å². The summed E-state index contributed by atoms with van der Waals surface area (Å²) in [5.41, 5.74) is 4.70.